The predicted octanol–water partition coefficient (Wildman–Crippen LogP) is -0.708. The predicted molar refractivity (Wildman–Crippen MR) is 543 cm³/mol. The molecule has 0 aliphatic heterocycles. The smallest absolute Gasteiger partial charge is 0.243 e. The molecule has 15 atom stereocenters. The zero-order valence-electron chi connectivity index (χ0n) is 87.6. The number of carbonyl (C=O) groups is 18. The van der Waals surface area contributed by atoms with Crippen molar-refractivity contribution in [1.82, 2.24) is 90.5 Å². The first kappa shape index (κ1) is 131. The summed E-state index contributed by atoms with van der Waals surface area (Å²) in [6.45, 7) is 30.5. The van der Waals surface area contributed by atoms with E-state index in [-0.39, 0.29) is 202 Å². The van der Waals surface area contributed by atoms with Gasteiger partial charge in [-0.1, -0.05) is 117 Å². The van der Waals surface area contributed by atoms with Crippen LogP contribution in [0.3, 0.4) is 0 Å². The Morgan fingerprint density at radius 2 is 0.404 bits per heavy atom. The van der Waals surface area contributed by atoms with Crippen LogP contribution in [-0.4, -0.2) is 249 Å². The molecule has 44 nitrogen and oxygen atoms in total. The normalized spacial score (nSPS) is 14.7. The molecule has 0 aliphatic carbocycles. The summed E-state index contributed by atoms with van der Waals surface area (Å²) in [5, 5.41) is 44.4. The molecule has 44 heteroatoms. The summed E-state index contributed by atoms with van der Waals surface area (Å²) >= 11 is 0. The van der Waals surface area contributed by atoms with Crippen LogP contribution in [0.2, 0.25) is 0 Å². The number of nitrogens with one attached hydrogen (secondary N) is 17. The zero-order chi connectivity index (χ0) is 107. The molecule has 0 aromatic carbocycles. The Morgan fingerprint density at radius 1 is 0.206 bits per heavy atom. The van der Waals surface area contributed by atoms with Gasteiger partial charge in [-0.2, -0.15) is 0 Å². The molecule has 0 fully saturated rings. The van der Waals surface area contributed by atoms with Crippen molar-refractivity contribution in [2.75, 3.05) is 52.4 Å². The SMILES string of the molecule is CC(C)C[C@H](NC(=O)[C@H](CCCCN)NC(=O)[C@H](CC(C)C)NC(=O)[C@H](CC(C)C)NC(=O)[C@H](CCCCN)NC(=O)[C@H](CCCCN)NC(=O)[C@H](CC(C)C)NC(=O)[C@H](CC(C)C)NC(=O)[C@H](CCCCN)NC(=O)[C@H](CC(C)C)NC(=O)[C@H](CC(C)C)NC(=O)[C@H](CCCCN)NC(=O)[C@H](CCC(N)=O)NC(=O)[C@@H](N)CC(C)C)C(=O)N[C@@H](CCCCN)C(=O)NCC(=O)NCCCCCC(=O)NN. The second-order valence-corrected chi connectivity index (χ2v) is 40.7. The molecule has 0 rings (SSSR count). The van der Waals surface area contributed by atoms with Crippen LogP contribution in [0.4, 0.5) is 0 Å². The molecule has 35 N–H and O–H groups in total. The molecule has 141 heavy (non-hydrogen) atoms. The number of hydrogen-bond acceptors (Lipinski definition) is 26. The molecule has 0 spiro atoms. The molecule has 0 radical (unpaired) electrons. The maximum absolute atomic E-state index is 15.0. The van der Waals surface area contributed by atoms with Crippen LogP contribution in [0, 0.1) is 47.3 Å². The number of amides is 18. The van der Waals surface area contributed by atoms with E-state index in [0.29, 0.717) is 103 Å². The first-order chi connectivity index (χ1) is 66.5. The fourth-order valence-corrected chi connectivity index (χ4v) is 15.7. The third-order valence-electron chi connectivity index (χ3n) is 23.2. The van der Waals surface area contributed by atoms with Crippen molar-refractivity contribution >= 4 is 106 Å². The van der Waals surface area contributed by atoms with E-state index >= 15 is 0 Å². The largest absolute Gasteiger partial charge is 0.370 e. The topological polar surface area (TPSA) is 746 Å². The fraction of sp³-hybridized carbons (Fsp3) is 0.814. The van der Waals surface area contributed by atoms with Crippen LogP contribution in [0.15, 0.2) is 0 Å². The average molecular weight is 2000 g/mol. The molecule has 18 amide bonds. The Balaban J connectivity index is 7.44. The van der Waals surface area contributed by atoms with Gasteiger partial charge in [0.25, 0.3) is 0 Å². The molecule has 0 bridgehead atoms. The first-order valence-electron chi connectivity index (χ1n) is 51.6. The first-order valence-corrected chi connectivity index (χ1v) is 51.6. The van der Waals surface area contributed by atoms with Gasteiger partial charge >= 0.3 is 0 Å². The van der Waals surface area contributed by atoms with E-state index in [0.717, 1.165) is 0 Å². The number of nitrogens with two attached hydrogens (primary N) is 9. The molecule has 0 unspecified atom stereocenters. The fourth-order valence-electron chi connectivity index (χ4n) is 15.7. The molecule has 0 aliphatic rings. The number of unbranched alkanes of at least 4 members (excludes halogenated alkanes) is 8. The minimum atomic E-state index is -1.35. The highest BCUT2D eigenvalue weighted by molar-refractivity contribution is 6.01. The minimum Gasteiger partial charge on any atom is -0.370 e. The van der Waals surface area contributed by atoms with Crippen LogP contribution >= 0.6 is 0 Å². The van der Waals surface area contributed by atoms with Crippen molar-refractivity contribution in [2.45, 2.75) is 407 Å². The summed E-state index contributed by atoms with van der Waals surface area (Å²) < 4.78 is 0. The summed E-state index contributed by atoms with van der Waals surface area (Å²) in [5.74, 6) is -9.40. The van der Waals surface area contributed by atoms with Crippen molar-refractivity contribution in [3.8, 4) is 0 Å². The van der Waals surface area contributed by atoms with Crippen molar-refractivity contribution in [2.24, 2.45) is 99.1 Å². The van der Waals surface area contributed by atoms with Crippen molar-refractivity contribution in [3.05, 3.63) is 0 Å². The lowest BCUT2D eigenvalue weighted by atomic mass is 9.98. The minimum absolute atomic E-state index is 0.000106. The number of carbonyl (C=O) groups excluding carboxylic acids is 18. The van der Waals surface area contributed by atoms with Crippen LogP contribution in [0.25, 0.3) is 0 Å². The van der Waals surface area contributed by atoms with E-state index in [1.165, 1.54) is 0 Å². The Hall–Kier alpha value is -9.86. The second-order valence-electron chi connectivity index (χ2n) is 40.7. The van der Waals surface area contributed by atoms with E-state index < -0.39 is 198 Å². The average Bonchev–Trinajstić information content (AvgIpc) is 0.850. The standard InChI is InChI=1S/C97H186N26O18/c1-57(2)48-65(104)83(127)109-72(39-40-80(105)124)90(134)112-69(35-22-28-44-101)87(131)118-78(54-63(13)14)96(140)122-76(52-61(9)10)94(138)115-71(37-24-30-46-103)89(133)119-79(55-64(15)16)97(141)120-74(50-59(5)6)92(136)113-67(33-20-26-42-99)85(129)111-68(34-21-27-43-100)86(130)117-77(53-62(11)12)95(139)121-75(51-60(7)8)93(137)114-70(36-23-29-45-102)88(132)116-73(49-58(3)4)91(135)110-66(32-19-25-41-98)84(128)108-56-82(126)107-47-31-17-18-38-81(125)123-106/h57-79H,17-56,98-104,106H2,1-16H3,(H2,105,124)(H,107,126)(H,108,128)(H,109,127)(H,110,135)(H,111,129)(H,112,134)(H,113,136)(H,114,137)(H,115,138)(H,116,132)(H,117,130)(H,118,131)(H,119,133)(H,120,141)(H,121,139)(H,122,140)(H,123,125)/t65-,66-,67-,68-,69-,70-,71-,72-,73-,74-,75-,76-,77-,78-,79-/m0/s1. The highest BCUT2D eigenvalue weighted by Crippen LogP contribution is 2.20. The second kappa shape index (κ2) is 75.0. The lowest BCUT2D eigenvalue weighted by molar-refractivity contribution is -0.137. The quantitative estimate of drug-likeness (QED) is 0.0155. The van der Waals surface area contributed by atoms with Gasteiger partial charge in [0.2, 0.25) is 106 Å². The van der Waals surface area contributed by atoms with Gasteiger partial charge in [0.1, 0.15) is 84.6 Å². The summed E-state index contributed by atoms with van der Waals surface area (Å²) in [6.07, 6.45) is 7.05. The molecular weight excluding hydrogens is 1820 g/mol. The highest BCUT2D eigenvalue weighted by atomic mass is 16.2. The number of hydrogen-bond donors (Lipinski definition) is 26. The van der Waals surface area contributed by atoms with Crippen LogP contribution in [-0.2, 0) is 86.3 Å². The van der Waals surface area contributed by atoms with Gasteiger partial charge in [0, 0.05) is 19.4 Å². The summed E-state index contributed by atoms with van der Waals surface area (Å²) in [6, 6.07) is -19.2. The zero-order valence-corrected chi connectivity index (χ0v) is 87.6. The number of primary amides is 1. The third-order valence-corrected chi connectivity index (χ3v) is 23.2. The van der Waals surface area contributed by atoms with E-state index in [9.17, 15) is 86.3 Å². The van der Waals surface area contributed by atoms with Gasteiger partial charge in [-0.25, -0.2) is 5.84 Å². The molecule has 0 saturated carbocycles. The van der Waals surface area contributed by atoms with Gasteiger partial charge in [-0.05, 0) is 273 Å². The van der Waals surface area contributed by atoms with E-state index in [4.69, 9.17) is 51.7 Å². The van der Waals surface area contributed by atoms with E-state index in [1.807, 2.05) is 111 Å². The van der Waals surface area contributed by atoms with Gasteiger partial charge in [-0.3, -0.25) is 91.7 Å². The van der Waals surface area contributed by atoms with Crippen LogP contribution in [0.1, 0.15) is 316 Å². The maximum atomic E-state index is 15.0. The summed E-state index contributed by atoms with van der Waals surface area (Å²) in [5.41, 5.74) is 49.1. The summed E-state index contributed by atoms with van der Waals surface area (Å²) in [4.78, 5) is 255. The van der Waals surface area contributed by atoms with Crippen LogP contribution in [0.5, 0.6) is 0 Å². The molecule has 0 aromatic heterocycles. The molecule has 0 heterocycles. The molecule has 0 saturated heterocycles. The van der Waals surface area contributed by atoms with Crippen molar-refractivity contribution in [3.63, 3.8) is 0 Å². The number of rotatable bonds is 80. The number of hydrazine groups is 1. The summed E-state index contributed by atoms with van der Waals surface area (Å²) in [7, 11) is 0. The van der Waals surface area contributed by atoms with Gasteiger partial charge in [0.05, 0.1) is 12.6 Å². The monoisotopic (exact) mass is 2000 g/mol. The highest BCUT2D eigenvalue weighted by Gasteiger charge is 2.40. The van der Waals surface area contributed by atoms with Gasteiger partial charge < -0.3 is 131 Å². The van der Waals surface area contributed by atoms with Gasteiger partial charge in [0.15, 0.2) is 0 Å². The maximum Gasteiger partial charge on any atom is 0.243 e. The Labute approximate surface area is 837 Å². The van der Waals surface area contributed by atoms with E-state index in [1.54, 1.807) is 0 Å². The lowest BCUT2D eigenvalue weighted by Gasteiger charge is -2.30. The Bertz CT molecular complexity index is 3760. The van der Waals surface area contributed by atoms with Gasteiger partial charge in [-0.15, -0.1) is 0 Å². The Morgan fingerprint density at radius 3 is 0.610 bits per heavy atom. The third kappa shape index (κ3) is 59.7. The van der Waals surface area contributed by atoms with Crippen molar-refractivity contribution in [1.29, 1.82) is 0 Å². The Kier molecular flexibility index (Phi) is 69.7. The lowest BCUT2D eigenvalue weighted by Crippen LogP contribution is -2.61. The van der Waals surface area contributed by atoms with E-state index in [2.05, 4.69) is 90.5 Å². The van der Waals surface area contributed by atoms with Crippen molar-refractivity contribution < 1.29 is 86.3 Å². The van der Waals surface area contributed by atoms with Crippen LogP contribution < -0.4 is 142 Å². The molecule has 0 aromatic rings. The molecule has 812 valence electrons. The molecular formula is C97H186N26O18.